The molecule has 1 unspecified atom stereocenters. The Morgan fingerprint density at radius 3 is 2.22 bits per heavy atom. The van der Waals surface area contributed by atoms with Crippen LogP contribution in [0.1, 0.15) is 13.3 Å². The van der Waals surface area contributed by atoms with Crippen LogP contribution in [0, 0.1) is 5.92 Å². The number of carboxylic acid groups (broad SMARTS) is 1. The van der Waals surface area contributed by atoms with Gasteiger partial charge in [0.2, 0.25) is 0 Å². The van der Waals surface area contributed by atoms with Gasteiger partial charge in [-0.2, -0.15) is 0 Å². The molecule has 98 valence electrons. The van der Waals surface area contributed by atoms with Gasteiger partial charge in [-0.05, 0) is 18.6 Å². The lowest BCUT2D eigenvalue weighted by atomic mass is 10.0. The molecule has 1 aromatic rings. The number of aliphatic carboxylic acids is 1. The van der Waals surface area contributed by atoms with Crippen LogP contribution in [-0.2, 0) is 19.4 Å². The molecule has 0 spiro atoms. The molecule has 1 N–H and O–H groups in total. The van der Waals surface area contributed by atoms with Crippen LogP contribution >= 0.6 is 0 Å². The van der Waals surface area contributed by atoms with Gasteiger partial charge in [0.15, 0.2) is 15.6 Å². The minimum atomic E-state index is -3.76. The first-order valence-electron chi connectivity index (χ1n) is 5.41. The molecule has 0 heterocycles. The molecule has 0 radical (unpaired) electrons. The van der Waals surface area contributed by atoms with Crippen LogP contribution < -0.4 is 0 Å². The maximum atomic E-state index is 11.9. The molecule has 5 nitrogen and oxygen atoms in total. The van der Waals surface area contributed by atoms with Gasteiger partial charge in [0.05, 0.1) is 4.90 Å². The first kappa shape index (κ1) is 14.4. The third-order valence-corrected chi connectivity index (χ3v) is 4.18. The standard InChI is InChI=1S/C12H14O5S/c1-2-10(12(14)15)11(13)8-18(16,17)9-6-4-3-5-7-9/h3-7,10H,2,8H2,1H3,(H,14,15). The average molecular weight is 270 g/mol. The van der Waals surface area contributed by atoms with Gasteiger partial charge < -0.3 is 5.11 Å². The van der Waals surface area contributed by atoms with Crippen molar-refractivity contribution in [1.29, 1.82) is 0 Å². The van der Waals surface area contributed by atoms with E-state index in [1.807, 2.05) is 0 Å². The van der Waals surface area contributed by atoms with E-state index in [2.05, 4.69) is 0 Å². The Labute approximate surface area is 105 Å². The van der Waals surface area contributed by atoms with Crippen molar-refractivity contribution in [3.05, 3.63) is 30.3 Å². The highest BCUT2D eigenvalue weighted by Crippen LogP contribution is 2.13. The average Bonchev–Trinajstić information content (AvgIpc) is 2.29. The highest BCUT2D eigenvalue weighted by molar-refractivity contribution is 7.92. The quantitative estimate of drug-likeness (QED) is 0.783. The number of carbonyl (C=O) groups is 2. The van der Waals surface area contributed by atoms with Crippen LogP contribution in [0.15, 0.2) is 35.2 Å². The summed E-state index contributed by atoms with van der Waals surface area (Å²) in [4.78, 5) is 22.4. The summed E-state index contributed by atoms with van der Waals surface area (Å²) in [5.41, 5.74) is 0. The van der Waals surface area contributed by atoms with Crippen molar-refractivity contribution < 1.29 is 23.1 Å². The number of Topliss-reactive ketones (excluding diaryl/α,β-unsaturated/α-hetero) is 1. The van der Waals surface area contributed by atoms with E-state index >= 15 is 0 Å². The second kappa shape index (κ2) is 5.77. The zero-order valence-electron chi connectivity index (χ0n) is 9.87. The second-order valence-electron chi connectivity index (χ2n) is 3.84. The molecule has 0 amide bonds. The molecular formula is C12H14O5S. The highest BCUT2D eigenvalue weighted by atomic mass is 32.2. The number of carboxylic acids is 1. The Bertz CT molecular complexity index is 533. The maximum Gasteiger partial charge on any atom is 0.314 e. The lowest BCUT2D eigenvalue weighted by Gasteiger charge is -2.09. The first-order chi connectivity index (χ1) is 8.38. The Morgan fingerprint density at radius 1 is 1.22 bits per heavy atom. The van der Waals surface area contributed by atoms with E-state index in [-0.39, 0.29) is 11.3 Å². The van der Waals surface area contributed by atoms with Crippen molar-refractivity contribution in [2.24, 2.45) is 5.92 Å². The van der Waals surface area contributed by atoms with Crippen molar-refractivity contribution in [3.8, 4) is 0 Å². The normalized spacial score (nSPS) is 12.9. The van der Waals surface area contributed by atoms with E-state index in [9.17, 15) is 18.0 Å². The Balaban J connectivity index is 2.91. The maximum absolute atomic E-state index is 11.9. The first-order valence-corrected chi connectivity index (χ1v) is 7.07. The molecule has 0 fully saturated rings. The Morgan fingerprint density at radius 2 is 1.78 bits per heavy atom. The van der Waals surface area contributed by atoms with E-state index in [4.69, 9.17) is 5.11 Å². The number of rotatable bonds is 6. The third kappa shape index (κ3) is 3.40. The van der Waals surface area contributed by atoms with Crippen LogP contribution in [0.2, 0.25) is 0 Å². The fourth-order valence-electron chi connectivity index (χ4n) is 1.54. The predicted octanol–water partition coefficient (Wildman–Crippen LogP) is 1.14. The molecule has 6 heteroatoms. The molecule has 1 atom stereocenters. The van der Waals surface area contributed by atoms with E-state index in [1.54, 1.807) is 18.2 Å². The molecule has 0 aliphatic carbocycles. The monoisotopic (exact) mass is 270 g/mol. The lowest BCUT2D eigenvalue weighted by Crippen LogP contribution is -2.29. The van der Waals surface area contributed by atoms with Gasteiger partial charge in [-0.1, -0.05) is 25.1 Å². The van der Waals surface area contributed by atoms with Gasteiger partial charge in [0, 0.05) is 0 Å². The van der Waals surface area contributed by atoms with Crippen molar-refractivity contribution in [2.75, 3.05) is 5.75 Å². The molecule has 0 saturated heterocycles. The van der Waals surface area contributed by atoms with Gasteiger partial charge >= 0.3 is 5.97 Å². The minimum Gasteiger partial charge on any atom is -0.481 e. The van der Waals surface area contributed by atoms with Crippen molar-refractivity contribution in [1.82, 2.24) is 0 Å². The van der Waals surface area contributed by atoms with E-state index in [1.165, 1.54) is 19.1 Å². The highest BCUT2D eigenvalue weighted by Gasteiger charge is 2.29. The minimum absolute atomic E-state index is 0.0265. The second-order valence-corrected chi connectivity index (χ2v) is 5.83. The summed E-state index contributed by atoms with van der Waals surface area (Å²) >= 11 is 0. The van der Waals surface area contributed by atoms with Gasteiger partial charge in [0.25, 0.3) is 0 Å². The smallest absolute Gasteiger partial charge is 0.314 e. The van der Waals surface area contributed by atoms with Crippen molar-refractivity contribution in [2.45, 2.75) is 18.2 Å². The number of sulfone groups is 1. The largest absolute Gasteiger partial charge is 0.481 e. The van der Waals surface area contributed by atoms with E-state index < -0.39 is 33.3 Å². The van der Waals surface area contributed by atoms with E-state index in [0.29, 0.717) is 0 Å². The van der Waals surface area contributed by atoms with Crippen molar-refractivity contribution in [3.63, 3.8) is 0 Å². The van der Waals surface area contributed by atoms with Crippen LogP contribution in [0.3, 0.4) is 0 Å². The number of carbonyl (C=O) groups excluding carboxylic acids is 1. The third-order valence-electron chi connectivity index (χ3n) is 2.53. The molecule has 1 rings (SSSR count). The Hall–Kier alpha value is -1.69. The summed E-state index contributed by atoms with van der Waals surface area (Å²) in [6.45, 7) is 1.53. The molecule has 0 bridgehead atoms. The molecule has 0 aliphatic rings. The topological polar surface area (TPSA) is 88.5 Å². The summed E-state index contributed by atoms with van der Waals surface area (Å²) in [7, 11) is -3.76. The van der Waals surface area contributed by atoms with E-state index in [0.717, 1.165) is 0 Å². The summed E-state index contributed by atoms with van der Waals surface area (Å²) in [5, 5.41) is 8.80. The Kier molecular flexibility index (Phi) is 4.61. The molecule has 0 aromatic heterocycles. The molecule has 18 heavy (non-hydrogen) atoms. The number of benzene rings is 1. The van der Waals surface area contributed by atoms with Crippen LogP contribution in [-0.4, -0.2) is 31.0 Å². The predicted molar refractivity (Wildman–Crippen MR) is 64.9 cm³/mol. The summed E-state index contributed by atoms with van der Waals surface area (Å²) in [6, 6.07) is 7.51. The van der Waals surface area contributed by atoms with Gasteiger partial charge in [0.1, 0.15) is 11.7 Å². The number of hydrogen-bond acceptors (Lipinski definition) is 4. The summed E-state index contributed by atoms with van der Waals surface area (Å²) in [6.07, 6.45) is 0.0818. The summed E-state index contributed by atoms with van der Waals surface area (Å²) in [5.74, 6) is -4.11. The molecule has 1 aromatic carbocycles. The number of hydrogen-bond donors (Lipinski definition) is 1. The van der Waals surface area contributed by atoms with Crippen LogP contribution in [0.25, 0.3) is 0 Å². The van der Waals surface area contributed by atoms with Gasteiger partial charge in [-0.25, -0.2) is 8.42 Å². The lowest BCUT2D eigenvalue weighted by molar-refractivity contribution is -0.145. The van der Waals surface area contributed by atoms with Gasteiger partial charge in [-0.3, -0.25) is 9.59 Å². The molecular weight excluding hydrogens is 256 g/mol. The van der Waals surface area contributed by atoms with Gasteiger partial charge in [-0.15, -0.1) is 0 Å². The summed E-state index contributed by atoms with van der Waals surface area (Å²) < 4.78 is 23.7. The number of ketones is 1. The van der Waals surface area contributed by atoms with Crippen molar-refractivity contribution >= 4 is 21.6 Å². The zero-order chi connectivity index (χ0) is 13.8. The SMILES string of the molecule is CCC(C(=O)O)C(=O)CS(=O)(=O)c1ccccc1. The molecule has 0 aliphatic heterocycles. The van der Waals surface area contributed by atoms with Crippen LogP contribution in [0.5, 0.6) is 0 Å². The zero-order valence-corrected chi connectivity index (χ0v) is 10.7. The molecule has 0 saturated carbocycles. The fourth-order valence-corrected chi connectivity index (χ4v) is 2.85. The van der Waals surface area contributed by atoms with Crippen LogP contribution in [0.4, 0.5) is 0 Å². The fraction of sp³-hybridized carbons (Fsp3) is 0.333.